The minimum atomic E-state index is -0.659. The molecular weight excluding hydrogens is 1370 g/mol. The zero-order valence-corrected chi connectivity index (χ0v) is 71.9. The molecule has 0 aliphatic carbocycles. The van der Waals surface area contributed by atoms with Crippen molar-refractivity contribution in [3.63, 3.8) is 0 Å². The van der Waals surface area contributed by atoms with Crippen LogP contribution in [-0.2, 0) is 49.4 Å². The summed E-state index contributed by atoms with van der Waals surface area (Å²) in [6.07, 6.45) is 9.41. The molecule has 0 saturated heterocycles. The molecule has 0 bridgehead atoms. The average molecular weight is 1500 g/mol. The number of aryl methyl sites for hydroxylation is 4. The number of hydrogen-bond donors (Lipinski definition) is 6. The van der Waals surface area contributed by atoms with Crippen molar-refractivity contribution in [3.8, 4) is 0 Å². The van der Waals surface area contributed by atoms with Gasteiger partial charge < -0.3 is 31.9 Å². The Labute approximate surface area is 615 Å². The summed E-state index contributed by atoms with van der Waals surface area (Å²) in [5.41, 5.74) is 22.8. The summed E-state index contributed by atoms with van der Waals surface area (Å²) in [5.74, 6) is 1.48. The van der Waals surface area contributed by atoms with Crippen LogP contribution in [0.15, 0.2) is 118 Å². The molecule has 0 unspecified atom stereocenters. The van der Waals surface area contributed by atoms with E-state index in [1.165, 1.54) is 22.3 Å². The van der Waals surface area contributed by atoms with Crippen LogP contribution >= 0.6 is 0 Å². The molecule has 0 saturated carbocycles. The summed E-state index contributed by atoms with van der Waals surface area (Å²) in [6.45, 7) is 65.2. The van der Waals surface area contributed by atoms with Gasteiger partial charge in [-0.1, -0.05) is 194 Å². The number of nitrogens with one attached hydrogen (secondary N) is 6. The first kappa shape index (κ1) is 85.2. The number of benzene rings is 4. The van der Waals surface area contributed by atoms with Crippen LogP contribution in [-0.4, -0.2) is 39.8 Å². The second-order valence-electron chi connectivity index (χ2n) is 31.8. The van der Waals surface area contributed by atoms with Gasteiger partial charge in [0.05, 0.1) is 11.4 Å². The normalized spacial score (nSPS) is 15.4. The molecule has 2 heterocycles. The molecule has 522 valence electrons. The molecule has 96 heavy (non-hydrogen) atoms. The quantitative estimate of drug-likeness (QED) is 0.0487. The van der Waals surface area contributed by atoms with Gasteiger partial charge in [-0.25, -0.2) is 0 Å². The molecule has 4 aromatic rings. The number of allylic oxidation sites excluding steroid dienone is 8. The van der Waals surface area contributed by atoms with Gasteiger partial charge in [0.1, 0.15) is 0 Å². The maximum Gasteiger partial charge on any atom is 0 e. The zero-order chi connectivity index (χ0) is 72.0. The topological polar surface area (TPSA) is 140 Å². The van der Waals surface area contributed by atoms with Crippen molar-refractivity contribution in [1.29, 1.82) is 0 Å². The third kappa shape index (κ3) is 24.7. The molecule has 4 amide bonds. The monoisotopic (exact) mass is 1490 g/mol. The minimum Gasteiger partial charge on any atom is 0 e. The molecule has 2 aliphatic heterocycles. The van der Waals surface area contributed by atoms with Crippen molar-refractivity contribution in [2.75, 3.05) is 0 Å². The van der Waals surface area contributed by atoms with Gasteiger partial charge in [0, 0.05) is 95.5 Å². The largest absolute Gasteiger partial charge is 0 e. The maximum atomic E-state index is 13.7. The Morgan fingerprint density at radius 1 is 0.365 bits per heavy atom. The van der Waals surface area contributed by atoms with Crippen LogP contribution in [0.25, 0.3) is 0 Å². The van der Waals surface area contributed by atoms with Gasteiger partial charge >= 0.3 is 86.2 Å². The Bertz CT molecular complexity index is 3280. The molecule has 0 aromatic heterocycles. The number of rotatable bonds is 20. The van der Waals surface area contributed by atoms with Gasteiger partial charge in [0.25, 0.3) is 23.6 Å². The van der Waals surface area contributed by atoms with Crippen LogP contribution in [0.3, 0.4) is 0 Å². The van der Waals surface area contributed by atoms with E-state index >= 15 is 0 Å². The van der Waals surface area contributed by atoms with E-state index in [2.05, 4.69) is 270 Å². The fourth-order valence-electron chi connectivity index (χ4n) is 12.1. The van der Waals surface area contributed by atoms with Gasteiger partial charge in [-0.3, -0.25) is 19.2 Å². The first-order valence-electron chi connectivity index (χ1n) is 35.2. The maximum absolute atomic E-state index is 13.7. The van der Waals surface area contributed by atoms with E-state index in [-0.39, 0.29) is 120 Å². The summed E-state index contributed by atoms with van der Waals surface area (Å²) in [5, 5.41) is 19.6. The Kier molecular flexibility index (Phi) is 33.2. The first-order chi connectivity index (χ1) is 43.9. The Morgan fingerprint density at radius 2 is 0.552 bits per heavy atom. The summed E-state index contributed by atoms with van der Waals surface area (Å²) in [7, 11) is -1.32. The Morgan fingerprint density at radius 3 is 0.729 bits per heavy atom. The summed E-state index contributed by atoms with van der Waals surface area (Å²) in [6, 6.07) is 17.0. The second-order valence-corrected chi connectivity index (χ2v) is 49.2. The van der Waals surface area contributed by atoms with Crippen LogP contribution in [0.5, 0.6) is 0 Å². The molecule has 6 rings (SSSR count). The predicted molar refractivity (Wildman–Crippen MR) is 408 cm³/mol. The molecule has 4 aromatic carbocycles. The Balaban J connectivity index is 0.000000428. The number of hydrogen-bond acceptors (Lipinski definition) is 6. The molecule has 6 N–H and O–H groups in total. The number of carbonyl (C=O) groups excluding carboxylic acids is 4. The fraction of sp³-hybridized carbons (Fsp3) is 0.512. The summed E-state index contributed by atoms with van der Waals surface area (Å²) < 4.78 is 3.39. The standard InChI is InChI=1S/2C37H51N3O2.2C4H11Si.2Zr/c2*1-20(2)28-16-24(9)17-29(21(3)4)34(28)36(41)38-26(11)32-14-13-15-33(40-32)27(12)39-37(42)35-30(22(5)6)18-25(10)19-31(35)23(7)8;2*1-5(2,3)4;;/h2*13-14,16-23,40H,15H2,1-12H3,(H,38,41)(H,39,42);2*1H2,2-4H3;;. The van der Waals surface area contributed by atoms with E-state index in [0.29, 0.717) is 12.8 Å². The van der Waals surface area contributed by atoms with Crippen molar-refractivity contribution in [1.82, 2.24) is 31.9 Å². The molecule has 14 heteroatoms. The molecule has 0 radical (unpaired) electrons. The van der Waals surface area contributed by atoms with Crippen LogP contribution in [0.1, 0.15) is 307 Å². The number of carbonyl (C=O) groups is 4. The van der Waals surface area contributed by atoms with Crippen molar-refractivity contribution in [2.45, 2.75) is 273 Å². The van der Waals surface area contributed by atoms with E-state index in [0.717, 1.165) is 112 Å². The van der Waals surface area contributed by atoms with Crippen LogP contribution in [0.2, 0.25) is 46.8 Å². The third-order valence-corrected chi connectivity index (χ3v) is 39.2. The molecular formula is C82H124N6O4Si2Zr2. The summed E-state index contributed by atoms with van der Waals surface area (Å²) in [4.78, 5) is 54.8. The molecule has 0 atom stereocenters. The predicted octanol–water partition coefficient (Wildman–Crippen LogP) is 21.6. The Hall–Kier alpha value is -5.00. The molecule has 0 fully saturated rings. The number of amides is 4. The van der Waals surface area contributed by atoms with Gasteiger partial charge in [-0.2, -0.15) is 0 Å². The van der Waals surface area contributed by atoms with E-state index < -0.39 is 16.1 Å². The third-order valence-electron chi connectivity index (χ3n) is 17.3. The first-order valence-corrected chi connectivity index (χ1v) is 46.1. The minimum absolute atomic E-state index is 0. The average Bonchev–Trinajstić information content (AvgIpc) is 0.815. The molecule has 2 aliphatic rings. The summed E-state index contributed by atoms with van der Waals surface area (Å²) >= 11 is 0.0654. The van der Waals surface area contributed by atoms with Crippen molar-refractivity contribution in [2.24, 2.45) is 0 Å². The van der Waals surface area contributed by atoms with Gasteiger partial charge in [0.2, 0.25) is 0 Å². The fourth-order valence-corrected chi connectivity index (χ4v) is 28.0. The van der Waals surface area contributed by atoms with E-state index in [4.69, 9.17) is 0 Å². The molecule has 10 nitrogen and oxygen atoms in total. The van der Waals surface area contributed by atoms with E-state index in [9.17, 15) is 19.2 Å². The second kappa shape index (κ2) is 37.4. The van der Waals surface area contributed by atoms with Gasteiger partial charge in [-0.05, 0) is 159 Å². The van der Waals surface area contributed by atoms with Gasteiger partial charge in [0.15, 0.2) is 0 Å². The smallest absolute Gasteiger partial charge is 0 e. The van der Waals surface area contributed by atoms with E-state index in [1.54, 1.807) is 7.50 Å². The SMILES string of the molecule is CC(NC(=O)c1c(C(C)C)cc(C)cc1C(C)C)=C1C=CCC(=C(C)NC(=O)c2c(C(C)C)cc(C)cc2C(C)C)N1.CC(NC(=O)c1c(C(C)C)cc(C)cc1C(C)C)=C1C=CCC(=C(C)NC(=O)c2c(C(C)C)cc(C)cc2C(C)C)N1.C[Si](C)(C)[CH2][Zr][CH2][Si](C)(C)C.[Zr]. The van der Waals surface area contributed by atoms with Crippen LogP contribution in [0, 0.1) is 27.7 Å². The van der Waals surface area contributed by atoms with Crippen LogP contribution in [0.4, 0.5) is 0 Å². The van der Waals surface area contributed by atoms with Gasteiger partial charge in [-0.15, -0.1) is 0 Å². The van der Waals surface area contributed by atoms with Crippen molar-refractivity contribution < 1.29 is 68.6 Å². The molecule has 0 spiro atoms. The van der Waals surface area contributed by atoms with E-state index in [1.807, 2.05) is 39.8 Å². The van der Waals surface area contributed by atoms with Crippen molar-refractivity contribution >= 4 is 39.8 Å². The van der Waals surface area contributed by atoms with Crippen LogP contribution < -0.4 is 31.9 Å². The zero-order valence-electron chi connectivity index (χ0n) is 65.0. The van der Waals surface area contributed by atoms with Crippen molar-refractivity contribution in [3.05, 3.63) is 207 Å².